The number of rotatable bonds is 8. The Kier molecular flexibility index (Phi) is 10.3. The highest BCUT2D eigenvalue weighted by Crippen LogP contribution is 2.48. The fourth-order valence-corrected chi connectivity index (χ4v) is 17.3. The second-order valence-electron chi connectivity index (χ2n) is 18.9. The molecule has 2 aromatic carbocycles. The number of benzene rings is 2. The molecule has 2 aromatic heterocycles. The average Bonchev–Trinajstić information content (AvgIpc) is 3.80. The van der Waals surface area contributed by atoms with Crippen LogP contribution in [-0.4, -0.2) is 113 Å². The molecule has 322 valence electrons. The number of pyridine rings is 1. The van der Waals surface area contributed by atoms with Crippen LogP contribution >= 0.6 is 0 Å². The van der Waals surface area contributed by atoms with E-state index in [4.69, 9.17) is 29.2 Å². The van der Waals surface area contributed by atoms with Crippen molar-refractivity contribution in [2.75, 3.05) is 38.3 Å². The molecule has 0 saturated carbocycles. The monoisotopic (exact) mass is 850 g/mol. The predicted octanol–water partition coefficient (Wildman–Crippen LogP) is 8.97. The summed E-state index contributed by atoms with van der Waals surface area (Å²) in [4.78, 5) is 33.3. The van der Waals surface area contributed by atoms with Gasteiger partial charge in [-0.3, -0.25) is 9.80 Å². The predicted molar refractivity (Wildman–Crippen MR) is 235 cm³/mol. The van der Waals surface area contributed by atoms with E-state index in [0.29, 0.717) is 58.2 Å². The molecule has 61 heavy (non-hydrogen) atoms. The summed E-state index contributed by atoms with van der Waals surface area (Å²) in [6, 6.07) is 7.41. The van der Waals surface area contributed by atoms with Crippen LogP contribution in [0.2, 0.25) is 16.6 Å². The van der Waals surface area contributed by atoms with E-state index >= 15 is 8.78 Å². The van der Waals surface area contributed by atoms with E-state index in [9.17, 15) is 9.90 Å². The maximum absolute atomic E-state index is 17.9. The minimum atomic E-state index is -2.30. The molecule has 0 spiro atoms. The lowest BCUT2D eigenvalue weighted by Gasteiger charge is -2.47. The zero-order chi connectivity index (χ0) is 43.3. The largest absolute Gasteiger partial charge is 0.472 e. The Hall–Kier alpha value is -4.84. The molecular weight excluding hydrogens is 795 g/mol. The van der Waals surface area contributed by atoms with E-state index in [1.165, 1.54) is 6.07 Å². The Labute approximate surface area is 357 Å². The molecule has 2 bridgehead atoms. The van der Waals surface area contributed by atoms with E-state index in [0.717, 1.165) is 31.5 Å². The summed E-state index contributed by atoms with van der Waals surface area (Å²) in [5.74, 6) is 2.64. The molecule has 1 N–H and O–H groups in total. The number of carbonyl (C=O) groups is 1. The van der Waals surface area contributed by atoms with Crippen molar-refractivity contribution in [1.29, 1.82) is 0 Å². The molecule has 5 aliphatic rings. The van der Waals surface area contributed by atoms with Crippen molar-refractivity contribution in [2.24, 2.45) is 0 Å². The lowest BCUT2D eigenvalue weighted by molar-refractivity contribution is 0.0706. The molecule has 0 aliphatic carbocycles. The number of methoxy groups -OCH3 is 1. The van der Waals surface area contributed by atoms with Gasteiger partial charge in [0, 0.05) is 37.7 Å². The van der Waals surface area contributed by atoms with E-state index < -0.39 is 37.9 Å². The van der Waals surface area contributed by atoms with Crippen molar-refractivity contribution in [1.82, 2.24) is 24.8 Å². The van der Waals surface area contributed by atoms with Crippen molar-refractivity contribution in [3.8, 4) is 34.6 Å². The Morgan fingerprint density at radius 2 is 1.80 bits per heavy atom. The van der Waals surface area contributed by atoms with E-state index in [2.05, 4.69) is 69.4 Å². The number of carboxylic acid groups (broad SMARTS) is 1. The normalized spacial score (nSPS) is 25.9. The highest BCUT2D eigenvalue weighted by Gasteiger charge is 2.54. The van der Waals surface area contributed by atoms with Crippen molar-refractivity contribution in [3.05, 3.63) is 59.7 Å². The van der Waals surface area contributed by atoms with Crippen LogP contribution in [0.25, 0.3) is 32.9 Å². The highest BCUT2D eigenvalue weighted by atomic mass is 28.3. The molecule has 5 aliphatic heterocycles. The van der Waals surface area contributed by atoms with Crippen LogP contribution in [0.3, 0.4) is 0 Å². The van der Waals surface area contributed by atoms with E-state index in [-0.39, 0.29) is 64.4 Å². The summed E-state index contributed by atoms with van der Waals surface area (Å²) < 4.78 is 53.2. The maximum Gasteiger partial charge on any atom is 0.407 e. The van der Waals surface area contributed by atoms with Gasteiger partial charge in [-0.05, 0) is 60.7 Å². The number of ether oxygens (including phenoxy) is 3. The molecule has 0 radical (unpaired) electrons. The second kappa shape index (κ2) is 15.2. The summed E-state index contributed by atoms with van der Waals surface area (Å²) in [6.07, 6.45) is 1.28. The van der Waals surface area contributed by atoms with Crippen molar-refractivity contribution >= 4 is 41.7 Å². The number of halogens is 2. The van der Waals surface area contributed by atoms with Gasteiger partial charge in [0.25, 0.3) is 0 Å². The molecule has 9 rings (SSSR count). The Balaban J connectivity index is 1.24. The van der Waals surface area contributed by atoms with E-state index in [1.54, 1.807) is 24.1 Å². The summed E-state index contributed by atoms with van der Waals surface area (Å²) >= 11 is 0. The molecular formula is C47H56F2N6O5Si. The lowest BCUT2D eigenvalue weighted by Crippen LogP contribution is -2.64. The number of hydrogen-bond donors (Lipinski definition) is 1. The highest BCUT2D eigenvalue weighted by molar-refractivity contribution is 6.90. The van der Waals surface area contributed by atoms with Gasteiger partial charge in [0.05, 0.1) is 35.3 Å². The zero-order valence-corrected chi connectivity index (χ0v) is 37.4. The first-order valence-electron chi connectivity index (χ1n) is 21.8. The van der Waals surface area contributed by atoms with Crippen LogP contribution in [-0.2, 0) is 4.74 Å². The number of piperazine rings is 1. The Morgan fingerprint density at radius 3 is 2.51 bits per heavy atom. The number of hydrogen-bond acceptors (Lipinski definition) is 9. The van der Waals surface area contributed by atoms with Crippen LogP contribution in [0, 0.1) is 23.1 Å². The first-order valence-corrected chi connectivity index (χ1v) is 24.0. The summed E-state index contributed by atoms with van der Waals surface area (Å²) in [5.41, 5.74) is 5.83. The molecule has 4 saturated heterocycles. The van der Waals surface area contributed by atoms with Gasteiger partial charge in [-0.1, -0.05) is 83.9 Å². The summed E-state index contributed by atoms with van der Waals surface area (Å²) in [5, 5.41) is 11.8. The zero-order valence-electron chi connectivity index (χ0n) is 36.4. The summed E-state index contributed by atoms with van der Waals surface area (Å²) in [6.45, 7) is 21.5. The first-order chi connectivity index (χ1) is 29.1. The molecule has 4 fully saturated rings. The third-order valence-electron chi connectivity index (χ3n) is 14.7. The van der Waals surface area contributed by atoms with E-state index in [1.807, 2.05) is 19.1 Å². The van der Waals surface area contributed by atoms with Crippen LogP contribution in [0.15, 0.2) is 42.5 Å². The van der Waals surface area contributed by atoms with Crippen molar-refractivity contribution in [2.45, 2.75) is 127 Å². The molecule has 4 aromatic rings. The SMILES string of the molecule is C=C1CN2C[C@H](OC)CC2(COc2nc3c4c(nc(-c5cccc6ccc(F)c(C#C[Si](C(C)C)(C(C)C)C(C)C)c56)c(F)c4n2)OC(C)C2C4CCC(CN32)N4C(=O)O)C1. The number of nitrogens with zero attached hydrogens (tertiary/aromatic N) is 6. The van der Waals surface area contributed by atoms with Crippen molar-refractivity contribution in [3.63, 3.8) is 0 Å². The quantitative estimate of drug-likeness (QED) is 0.105. The third-order valence-corrected chi connectivity index (χ3v) is 21.0. The van der Waals surface area contributed by atoms with Gasteiger partial charge in [0.15, 0.2) is 5.82 Å². The minimum Gasteiger partial charge on any atom is -0.472 e. The van der Waals surface area contributed by atoms with Gasteiger partial charge >= 0.3 is 12.1 Å². The smallest absolute Gasteiger partial charge is 0.407 e. The molecule has 5 unspecified atom stereocenters. The Morgan fingerprint density at radius 1 is 1.05 bits per heavy atom. The molecule has 14 heteroatoms. The van der Waals surface area contributed by atoms with Crippen LogP contribution < -0.4 is 14.4 Å². The number of aromatic nitrogens is 3. The van der Waals surface area contributed by atoms with Gasteiger partial charge in [-0.2, -0.15) is 9.97 Å². The van der Waals surface area contributed by atoms with Crippen LogP contribution in [0.5, 0.6) is 11.9 Å². The fraction of sp³-hybridized carbons (Fsp3) is 0.532. The van der Waals surface area contributed by atoms with Crippen LogP contribution in [0.4, 0.5) is 19.4 Å². The number of anilines is 1. The van der Waals surface area contributed by atoms with Gasteiger partial charge in [-0.15, -0.1) is 5.54 Å². The van der Waals surface area contributed by atoms with Gasteiger partial charge in [0.1, 0.15) is 49.0 Å². The number of amides is 1. The molecule has 6 atom stereocenters. The number of fused-ring (bicyclic) bond motifs is 7. The molecule has 1 amide bonds. The molecule has 7 heterocycles. The second-order valence-corrected chi connectivity index (χ2v) is 24.5. The lowest BCUT2D eigenvalue weighted by atomic mass is 9.93. The van der Waals surface area contributed by atoms with Crippen LogP contribution in [0.1, 0.15) is 79.7 Å². The minimum absolute atomic E-state index is 0.00797. The van der Waals surface area contributed by atoms with Gasteiger partial charge in [-0.25, -0.2) is 18.6 Å². The van der Waals surface area contributed by atoms with Crippen molar-refractivity contribution < 1.29 is 32.9 Å². The maximum atomic E-state index is 17.9. The standard InChI is InChI=1S/C47H56F2N6O5Si/c1-25(2)61(26(3)4,27(5)6)18-17-33-35(48)15-13-30-11-10-12-34(37(30)33)40-39(49)41-38-43(52-45(51-41)59-24-47-19-28(7)21-53(47)23-32(20-47)58-9)54-22-31-14-16-36(55(31)46(56)57)42(54)29(8)60-44(38)50-40/h10-13,15,25-27,29,31-32,36,42H,7,14,16,19-24H2,1-6,8-9H3,(H,56,57)/t29?,31?,32-,36?,42?,47?/m1/s1. The average molecular weight is 851 g/mol. The van der Waals surface area contributed by atoms with Gasteiger partial charge < -0.3 is 24.2 Å². The first kappa shape index (κ1) is 41.5. The third kappa shape index (κ3) is 6.47. The fourth-order valence-electron chi connectivity index (χ4n) is 12.1. The summed E-state index contributed by atoms with van der Waals surface area (Å²) in [7, 11) is -0.576. The molecule has 11 nitrogen and oxygen atoms in total. The Bertz CT molecular complexity index is 2500. The topological polar surface area (TPSA) is 113 Å². The van der Waals surface area contributed by atoms with Gasteiger partial charge in [0.2, 0.25) is 5.88 Å².